The van der Waals surface area contributed by atoms with Crippen molar-refractivity contribution in [2.24, 2.45) is 0 Å². The van der Waals surface area contributed by atoms with Crippen LogP contribution in [0.25, 0.3) is 0 Å². The number of amides is 1. The predicted octanol–water partition coefficient (Wildman–Crippen LogP) is 2.88. The number of halogens is 1. The van der Waals surface area contributed by atoms with Crippen LogP contribution in [0.5, 0.6) is 0 Å². The summed E-state index contributed by atoms with van der Waals surface area (Å²) in [4.78, 5) is 13.9. The zero-order valence-corrected chi connectivity index (χ0v) is 11.7. The lowest BCUT2D eigenvalue weighted by molar-refractivity contribution is 0.0791. The molecule has 0 aliphatic carbocycles. The molecule has 0 radical (unpaired) electrons. The second-order valence-electron chi connectivity index (χ2n) is 4.47. The van der Waals surface area contributed by atoms with E-state index in [1.165, 1.54) is 0 Å². The molecule has 0 atom stereocenters. The lowest BCUT2D eigenvalue weighted by Crippen LogP contribution is -2.28. The standard InChI is InChI=1S/C14H20ClNO2/c1-11-10-12(15)6-7-13(11)14(18)16(2)8-4-3-5-9-17/h6-7,10,17H,3-5,8-9H2,1-2H3. The maximum atomic E-state index is 12.2. The Morgan fingerprint density at radius 2 is 2.06 bits per heavy atom. The minimum atomic E-state index is 0.0214. The van der Waals surface area contributed by atoms with Crippen molar-refractivity contribution in [3.05, 3.63) is 34.3 Å². The van der Waals surface area contributed by atoms with Crippen LogP contribution in [-0.2, 0) is 0 Å². The number of aliphatic hydroxyl groups is 1. The Balaban J connectivity index is 2.57. The predicted molar refractivity (Wildman–Crippen MR) is 74.1 cm³/mol. The molecule has 4 heteroatoms. The van der Waals surface area contributed by atoms with Crippen molar-refractivity contribution < 1.29 is 9.90 Å². The minimum absolute atomic E-state index is 0.0214. The summed E-state index contributed by atoms with van der Waals surface area (Å²) in [6, 6.07) is 5.31. The van der Waals surface area contributed by atoms with Crippen molar-refractivity contribution in [1.29, 1.82) is 0 Å². The van der Waals surface area contributed by atoms with Gasteiger partial charge in [-0.2, -0.15) is 0 Å². The van der Waals surface area contributed by atoms with E-state index in [1.54, 1.807) is 30.1 Å². The number of nitrogens with zero attached hydrogens (tertiary/aromatic N) is 1. The van der Waals surface area contributed by atoms with E-state index in [9.17, 15) is 4.79 Å². The lowest BCUT2D eigenvalue weighted by Gasteiger charge is -2.18. The minimum Gasteiger partial charge on any atom is -0.396 e. The monoisotopic (exact) mass is 269 g/mol. The third kappa shape index (κ3) is 4.31. The highest BCUT2D eigenvalue weighted by atomic mass is 35.5. The summed E-state index contributed by atoms with van der Waals surface area (Å²) in [6.45, 7) is 2.81. The number of hydrogen-bond donors (Lipinski definition) is 1. The van der Waals surface area contributed by atoms with E-state index in [0.717, 1.165) is 24.8 Å². The molecule has 0 aromatic heterocycles. The van der Waals surface area contributed by atoms with Crippen LogP contribution in [0.2, 0.25) is 5.02 Å². The molecule has 0 unspecified atom stereocenters. The molecule has 18 heavy (non-hydrogen) atoms. The molecule has 1 aromatic carbocycles. The van der Waals surface area contributed by atoms with Gasteiger partial charge in [-0.05, 0) is 49.9 Å². The molecule has 0 aliphatic rings. The fraction of sp³-hybridized carbons (Fsp3) is 0.500. The lowest BCUT2D eigenvalue weighted by atomic mass is 10.1. The molecule has 1 rings (SSSR count). The number of hydrogen-bond acceptors (Lipinski definition) is 2. The van der Waals surface area contributed by atoms with Gasteiger partial charge in [0.25, 0.3) is 5.91 Å². The molecule has 1 aromatic rings. The van der Waals surface area contributed by atoms with Crippen molar-refractivity contribution in [3.8, 4) is 0 Å². The van der Waals surface area contributed by atoms with E-state index in [2.05, 4.69) is 0 Å². The SMILES string of the molecule is Cc1cc(Cl)ccc1C(=O)N(C)CCCCCO. The second kappa shape index (κ2) is 7.39. The highest BCUT2D eigenvalue weighted by Gasteiger charge is 2.13. The summed E-state index contributed by atoms with van der Waals surface area (Å²) in [5.41, 5.74) is 1.60. The first kappa shape index (κ1) is 15.0. The highest BCUT2D eigenvalue weighted by Crippen LogP contribution is 2.16. The van der Waals surface area contributed by atoms with Crippen molar-refractivity contribution in [2.45, 2.75) is 26.2 Å². The van der Waals surface area contributed by atoms with Gasteiger partial charge in [0.05, 0.1) is 0 Å². The molecule has 0 heterocycles. The Morgan fingerprint density at radius 3 is 2.67 bits per heavy atom. The summed E-state index contributed by atoms with van der Waals surface area (Å²) in [7, 11) is 1.80. The Morgan fingerprint density at radius 1 is 1.33 bits per heavy atom. The summed E-state index contributed by atoms with van der Waals surface area (Å²) in [5.74, 6) is 0.0214. The first-order chi connectivity index (χ1) is 8.56. The van der Waals surface area contributed by atoms with Gasteiger partial charge in [0.15, 0.2) is 0 Å². The van der Waals surface area contributed by atoms with Crippen LogP contribution in [0.15, 0.2) is 18.2 Å². The largest absolute Gasteiger partial charge is 0.396 e. The zero-order valence-electron chi connectivity index (χ0n) is 10.9. The highest BCUT2D eigenvalue weighted by molar-refractivity contribution is 6.30. The molecule has 0 fully saturated rings. The molecule has 0 aliphatic heterocycles. The topological polar surface area (TPSA) is 40.5 Å². The van der Waals surface area contributed by atoms with Gasteiger partial charge in [-0.15, -0.1) is 0 Å². The van der Waals surface area contributed by atoms with Crippen LogP contribution in [0.3, 0.4) is 0 Å². The maximum absolute atomic E-state index is 12.2. The number of carbonyl (C=O) groups is 1. The molecule has 0 spiro atoms. The van der Waals surface area contributed by atoms with Gasteiger partial charge in [0.2, 0.25) is 0 Å². The van der Waals surface area contributed by atoms with Crippen molar-refractivity contribution in [1.82, 2.24) is 4.90 Å². The van der Waals surface area contributed by atoms with Crippen molar-refractivity contribution in [3.63, 3.8) is 0 Å². The van der Waals surface area contributed by atoms with Crippen LogP contribution in [-0.4, -0.2) is 36.1 Å². The summed E-state index contributed by atoms with van der Waals surface area (Å²) >= 11 is 5.87. The Bertz CT molecular complexity index is 407. The molecule has 0 saturated carbocycles. The number of unbranched alkanes of at least 4 members (excludes halogenated alkanes) is 2. The number of aryl methyl sites for hydroxylation is 1. The third-order valence-corrected chi connectivity index (χ3v) is 3.15. The first-order valence-corrected chi connectivity index (χ1v) is 6.56. The number of carbonyl (C=O) groups excluding carboxylic acids is 1. The van der Waals surface area contributed by atoms with E-state index < -0.39 is 0 Å². The van der Waals surface area contributed by atoms with Crippen LogP contribution in [0.1, 0.15) is 35.2 Å². The Kier molecular flexibility index (Phi) is 6.16. The molecule has 3 nitrogen and oxygen atoms in total. The van der Waals surface area contributed by atoms with E-state index in [-0.39, 0.29) is 12.5 Å². The normalized spacial score (nSPS) is 10.4. The van der Waals surface area contributed by atoms with Gasteiger partial charge in [0, 0.05) is 30.8 Å². The Hall–Kier alpha value is -1.06. The maximum Gasteiger partial charge on any atom is 0.253 e. The Labute approximate surface area is 113 Å². The smallest absolute Gasteiger partial charge is 0.253 e. The van der Waals surface area contributed by atoms with E-state index in [4.69, 9.17) is 16.7 Å². The molecule has 1 N–H and O–H groups in total. The molecular formula is C14H20ClNO2. The van der Waals surface area contributed by atoms with E-state index in [0.29, 0.717) is 17.1 Å². The summed E-state index contributed by atoms with van der Waals surface area (Å²) in [6.07, 6.45) is 2.64. The first-order valence-electron chi connectivity index (χ1n) is 6.18. The van der Waals surface area contributed by atoms with Gasteiger partial charge in [-0.1, -0.05) is 11.6 Å². The average molecular weight is 270 g/mol. The molecule has 1 amide bonds. The van der Waals surface area contributed by atoms with Gasteiger partial charge >= 0.3 is 0 Å². The fourth-order valence-corrected chi connectivity index (χ4v) is 2.04. The fourth-order valence-electron chi connectivity index (χ4n) is 1.81. The average Bonchev–Trinajstić information content (AvgIpc) is 2.33. The van der Waals surface area contributed by atoms with Crippen LogP contribution in [0.4, 0.5) is 0 Å². The van der Waals surface area contributed by atoms with Crippen molar-refractivity contribution in [2.75, 3.05) is 20.2 Å². The number of rotatable bonds is 6. The molecule has 0 bridgehead atoms. The van der Waals surface area contributed by atoms with Gasteiger partial charge in [0.1, 0.15) is 0 Å². The quantitative estimate of drug-likeness (QED) is 0.807. The van der Waals surface area contributed by atoms with Crippen molar-refractivity contribution >= 4 is 17.5 Å². The summed E-state index contributed by atoms with van der Waals surface area (Å²) < 4.78 is 0. The van der Waals surface area contributed by atoms with E-state index in [1.807, 2.05) is 6.92 Å². The molecule has 0 saturated heterocycles. The number of aliphatic hydroxyl groups excluding tert-OH is 1. The second-order valence-corrected chi connectivity index (χ2v) is 4.91. The zero-order chi connectivity index (χ0) is 13.5. The van der Waals surface area contributed by atoms with Gasteiger partial charge in [-0.3, -0.25) is 4.79 Å². The van der Waals surface area contributed by atoms with E-state index >= 15 is 0 Å². The summed E-state index contributed by atoms with van der Waals surface area (Å²) in [5, 5.41) is 9.34. The number of benzene rings is 1. The molecule has 100 valence electrons. The third-order valence-electron chi connectivity index (χ3n) is 2.92. The van der Waals surface area contributed by atoms with Crippen LogP contribution >= 0.6 is 11.6 Å². The van der Waals surface area contributed by atoms with Crippen LogP contribution in [0, 0.1) is 6.92 Å². The van der Waals surface area contributed by atoms with Crippen LogP contribution < -0.4 is 0 Å². The molecular weight excluding hydrogens is 250 g/mol. The van der Waals surface area contributed by atoms with Gasteiger partial charge < -0.3 is 10.0 Å². The van der Waals surface area contributed by atoms with Gasteiger partial charge in [-0.25, -0.2) is 0 Å².